The third-order valence-electron chi connectivity index (χ3n) is 0.933. The van der Waals surface area contributed by atoms with E-state index in [4.69, 9.17) is 11.6 Å². The van der Waals surface area contributed by atoms with Crippen LogP contribution in [0.25, 0.3) is 0 Å². The van der Waals surface area contributed by atoms with Crippen molar-refractivity contribution >= 4 is 11.6 Å². The molecule has 0 aliphatic carbocycles. The zero-order chi connectivity index (χ0) is 6.57. The molecule has 0 rings (SSSR count). The van der Waals surface area contributed by atoms with Crippen molar-refractivity contribution in [2.45, 2.75) is 5.50 Å². The maximum atomic E-state index is 5.78. The summed E-state index contributed by atoms with van der Waals surface area (Å²) in [5, 5.41) is 2.98. The van der Waals surface area contributed by atoms with E-state index in [9.17, 15) is 0 Å². The van der Waals surface area contributed by atoms with E-state index in [1.165, 1.54) is 0 Å². The summed E-state index contributed by atoms with van der Waals surface area (Å²) in [6.07, 6.45) is 0. The van der Waals surface area contributed by atoms with Gasteiger partial charge in [0.25, 0.3) is 0 Å². The van der Waals surface area contributed by atoms with Gasteiger partial charge in [-0.15, -0.1) is 11.6 Å². The number of hydrogen-bond donors (Lipinski definition) is 1. The summed E-state index contributed by atoms with van der Waals surface area (Å²) in [4.78, 5) is 1.96. The molecule has 2 nitrogen and oxygen atoms in total. The van der Waals surface area contributed by atoms with Gasteiger partial charge in [0.2, 0.25) is 0 Å². The lowest BCUT2D eigenvalue weighted by molar-refractivity contribution is 0.369. The van der Waals surface area contributed by atoms with Gasteiger partial charge >= 0.3 is 0 Å². The van der Waals surface area contributed by atoms with Gasteiger partial charge in [-0.25, -0.2) is 0 Å². The summed E-state index contributed by atoms with van der Waals surface area (Å²) >= 11 is 5.78. The SMILES string of the molecule is CNCC(Cl)N(C)C. The quantitative estimate of drug-likeness (QED) is 0.445. The molecule has 1 unspecified atom stereocenters. The van der Waals surface area contributed by atoms with Gasteiger partial charge in [0.05, 0.1) is 5.50 Å². The molecule has 0 aromatic carbocycles. The molecule has 0 saturated carbocycles. The first kappa shape index (κ1) is 8.21. The molecule has 1 atom stereocenters. The molecular weight excluding hydrogens is 124 g/mol. The minimum atomic E-state index is 0.111. The lowest BCUT2D eigenvalue weighted by Gasteiger charge is -2.15. The number of nitrogens with one attached hydrogen (secondary N) is 1. The van der Waals surface area contributed by atoms with E-state index in [-0.39, 0.29) is 5.50 Å². The lowest BCUT2D eigenvalue weighted by Crippen LogP contribution is -2.31. The predicted molar refractivity (Wildman–Crippen MR) is 37.3 cm³/mol. The monoisotopic (exact) mass is 136 g/mol. The van der Waals surface area contributed by atoms with Crippen molar-refractivity contribution in [3.05, 3.63) is 0 Å². The molecular formula is C5H13ClN2. The molecule has 0 aromatic heterocycles. The standard InChI is InChI=1S/C5H13ClN2/c1-7-4-5(6)8(2)3/h5,7H,4H2,1-3H3. The molecule has 0 aliphatic rings. The summed E-state index contributed by atoms with van der Waals surface area (Å²) < 4.78 is 0. The average molecular weight is 137 g/mol. The van der Waals surface area contributed by atoms with Crippen LogP contribution in [-0.4, -0.2) is 38.1 Å². The highest BCUT2D eigenvalue weighted by molar-refractivity contribution is 6.20. The van der Waals surface area contributed by atoms with Gasteiger partial charge in [-0.3, -0.25) is 4.90 Å². The number of alkyl halides is 1. The van der Waals surface area contributed by atoms with Crippen molar-refractivity contribution in [2.24, 2.45) is 0 Å². The highest BCUT2D eigenvalue weighted by atomic mass is 35.5. The Morgan fingerprint density at radius 1 is 1.62 bits per heavy atom. The number of rotatable bonds is 3. The minimum Gasteiger partial charge on any atom is -0.317 e. The zero-order valence-corrected chi connectivity index (χ0v) is 6.37. The van der Waals surface area contributed by atoms with E-state index < -0.39 is 0 Å². The second-order valence-corrected chi connectivity index (χ2v) is 2.46. The number of likely N-dealkylation sites (N-methyl/N-ethyl adjacent to an activating group) is 2. The van der Waals surface area contributed by atoms with Crippen LogP contribution >= 0.6 is 11.6 Å². The van der Waals surface area contributed by atoms with Crippen molar-refractivity contribution in [2.75, 3.05) is 27.7 Å². The average Bonchev–Trinajstić information content (AvgIpc) is 1.67. The molecule has 0 aliphatic heterocycles. The Labute approximate surface area is 55.8 Å². The second kappa shape index (κ2) is 4.13. The fourth-order valence-corrected chi connectivity index (χ4v) is 0.505. The van der Waals surface area contributed by atoms with Crippen molar-refractivity contribution in [3.8, 4) is 0 Å². The molecule has 0 saturated heterocycles. The molecule has 8 heavy (non-hydrogen) atoms. The third kappa shape index (κ3) is 3.24. The highest BCUT2D eigenvalue weighted by Gasteiger charge is 2.02. The van der Waals surface area contributed by atoms with Crippen LogP contribution in [0.3, 0.4) is 0 Å². The van der Waals surface area contributed by atoms with Gasteiger partial charge in [0, 0.05) is 6.54 Å². The Morgan fingerprint density at radius 3 is 2.25 bits per heavy atom. The topological polar surface area (TPSA) is 15.3 Å². The zero-order valence-electron chi connectivity index (χ0n) is 5.61. The van der Waals surface area contributed by atoms with Crippen LogP contribution in [0, 0.1) is 0 Å². The summed E-state index contributed by atoms with van der Waals surface area (Å²) in [7, 11) is 5.79. The molecule has 50 valence electrons. The molecule has 0 fully saturated rings. The van der Waals surface area contributed by atoms with E-state index in [0.717, 1.165) is 6.54 Å². The van der Waals surface area contributed by atoms with Crippen molar-refractivity contribution in [1.82, 2.24) is 10.2 Å². The molecule has 1 N–H and O–H groups in total. The molecule has 0 heterocycles. The first-order chi connectivity index (χ1) is 3.68. The molecule has 3 heteroatoms. The highest BCUT2D eigenvalue weighted by Crippen LogP contribution is 1.94. The number of halogens is 1. The van der Waals surface area contributed by atoms with E-state index in [1.807, 2.05) is 26.0 Å². The Kier molecular flexibility index (Phi) is 4.23. The molecule has 0 aromatic rings. The van der Waals surface area contributed by atoms with Crippen LogP contribution in [0.4, 0.5) is 0 Å². The molecule has 0 radical (unpaired) electrons. The molecule has 0 spiro atoms. The predicted octanol–water partition coefficient (Wildman–Crippen LogP) is 0.332. The van der Waals surface area contributed by atoms with E-state index in [0.29, 0.717) is 0 Å². The minimum absolute atomic E-state index is 0.111. The maximum Gasteiger partial charge on any atom is 0.0971 e. The summed E-state index contributed by atoms with van der Waals surface area (Å²) in [5.41, 5.74) is 0.111. The Hall–Kier alpha value is 0.210. The van der Waals surface area contributed by atoms with E-state index in [2.05, 4.69) is 5.32 Å². The second-order valence-electron chi connectivity index (χ2n) is 1.96. The number of nitrogens with zero attached hydrogens (tertiary/aromatic N) is 1. The maximum absolute atomic E-state index is 5.78. The van der Waals surface area contributed by atoms with Gasteiger partial charge in [-0.1, -0.05) is 0 Å². The largest absolute Gasteiger partial charge is 0.317 e. The molecule has 0 bridgehead atoms. The Balaban J connectivity index is 3.17. The first-order valence-corrected chi connectivity index (χ1v) is 3.07. The fraction of sp³-hybridized carbons (Fsp3) is 1.00. The van der Waals surface area contributed by atoms with Gasteiger partial charge in [-0.2, -0.15) is 0 Å². The van der Waals surface area contributed by atoms with Crippen LogP contribution in [0.1, 0.15) is 0 Å². The normalized spacial score (nSPS) is 14.6. The van der Waals surface area contributed by atoms with E-state index in [1.54, 1.807) is 0 Å². The van der Waals surface area contributed by atoms with Crippen LogP contribution in [-0.2, 0) is 0 Å². The first-order valence-electron chi connectivity index (χ1n) is 2.63. The van der Waals surface area contributed by atoms with Crippen LogP contribution < -0.4 is 5.32 Å². The Bertz CT molecular complexity index is 56.4. The third-order valence-corrected chi connectivity index (χ3v) is 1.48. The van der Waals surface area contributed by atoms with Gasteiger partial charge in [0.15, 0.2) is 0 Å². The van der Waals surface area contributed by atoms with Crippen LogP contribution in [0.2, 0.25) is 0 Å². The fourth-order valence-electron chi connectivity index (χ4n) is 0.351. The Morgan fingerprint density at radius 2 is 2.12 bits per heavy atom. The van der Waals surface area contributed by atoms with Crippen molar-refractivity contribution in [3.63, 3.8) is 0 Å². The van der Waals surface area contributed by atoms with Crippen molar-refractivity contribution in [1.29, 1.82) is 0 Å². The van der Waals surface area contributed by atoms with Crippen LogP contribution in [0.5, 0.6) is 0 Å². The summed E-state index contributed by atoms with van der Waals surface area (Å²) in [6.45, 7) is 0.828. The van der Waals surface area contributed by atoms with Gasteiger partial charge < -0.3 is 5.32 Å². The van der Waals surface area contributed by atoms with Gasteiger partial charge in [0.1, 0.15) is 0 Å². The smallest absolute Gasteiger partial charge is 0.0971 e. The number of hydrogen-bond acceptors (Lipinski definition) is 2. The van der Waals surface area contributed by atoms with Crippen molar-refractivity contribution < 1.29 is 0 Å². The summed E-state index contributed by atoms with van der Waals surface area (Å²) in [5.74, 6) is 0. The molecule has 0 amide bonds. The lowest BCUT2D eigenvalue weighted by atomic mass is 10.6. The summed E-state index contributed by atoms with van der Waals surface area (Å²) in [6, 6.07) is 0. The van der Waals surface area contributed by atoms with E-state index >= 15 is 0 Å². The van der Waals surface area contributed by atoms with Gasteiger partial charge in [-0.05, 0) is 21.1 Å². The van der Waals surface area contributed by atoms with Crippen LogP contribution in [0.15, 0.2) is 0 Å².